The Labute approximate surface area is 165 Å². The maximum Gasteiger partial charge on any atom is 0.271 e. The van der Waals surface area contributed by atoms with Gasteiger partial charge in [0.2, 0.25) is 0 Å². The molecule has 1 N–H and O–H groups in total. The average molecular weight is 377 g/mol. The summed E-state index contributed by atoms with van der Waals surface area (Å²) in [5.41, 5.74) is 3.68. The van der Waals surface area contributed by atoms with Crippen LogP contribution in [-0.4, -0.2) is 32.0 Å². The molecule has 1 aromatic carbocycles. The molecule has 3 aromatic rings. The van der Waals surface area contributed by atoms with E-state index in [-0.39, 0.29) is 11.4 Å². The molecule has 0 saturated heterocycles. The second-order valence-corrected chi connectivity index (χ2v) is 8.45. The lowest BCUT2D eigenvalue weighted by molar-refractivity contribution is 0.0947. The molecule has 0 spiro atoms. The molecule has 146 valence electrons. The number of rotatable bonds is 6. The van der Waals surface area contributed by atoms with Crippen molar-refractivity contribution in [2.24, 2.45) is 0 Å². The van der Waals surface area contributed by atoms with Gasteiger partial charge in [0.25, 0.3) is 5.91 Å². The fourth-order valence-electron chi connectivity index (χ4n) is 3.34. The zero-order valence-electron chi connectivity index (χ0n) is 16.7. The summed E-state index contributed by atoms with van der Waals surface area (Å²) in [5, 5.41) is 12.0. The molecule has 28 heavy (non-hydrogen) atoms. The summed E-state index contributed by atoms with van der Waals surface area (Å²) in [5.74, 6) is 0.442. The first-order valence-corrected chi connectivity index (χ1v) is 9.89. The molecule has 0 atom stereocenters. The molecular weight excluding hydrogens is 350 g/mol. The predicted octanol–water partition coefficient (Wildman–Crippen LogP) is 3.67. The Morgan fingerprint density at radius 1 is 1.21 bits per heavy atom. The van der Waals surface area contributed by atoms with Crippen molar-refractivity contribution < 1.29 is 4.79 Å². The summed E-state index contributed by atoms with van der Waals surface area (Å²) in [7, 11) is 0. The first-order valence-electron chi connectivity index (χ1n) is 9.89. The number of carbonyl (C=O) groups is 1. The van der Waals surface area contributed by atoms with Crippen LogP contribution >= 0.6 is 0 Å². The Balaban J connectivity index is 1.37. The van der Waals surface area contributed by atoms with Gasteiger partial charge in [0.1, 0.15) is 5.69 Å². The molecule has 0 bridgehead atoms. The Morgan fingerprint density at radius 2 is 1.96 bits per heavy atom. The van der Waals surface area contributed by atoms with Crippen molar-refractivity contribution in [3.63, 3.8) is 0 Å². The third kappa shape index (κ3) is 4.01. The van der Waals surface area contributed by atoms with Crippen LogP contribution in [0.4, 0.5) is 0 Å². The van der Waals surface area contributed by atoms with E-state index in [1.807, 2.05) is 58.2 Å². The number of benzene rings is 1. The Kier molecular flexibility index (Phi) is 4.79. The molecule has 0 aliphatic heterocycles. The normalized spacial score (nSPS) is 14.2. The van der Waals surface area contributed by atoms with Crippen LogP contribution in [0.5, 0.6) is 0 Å². The highest BCUT2D eigenvalue weighted by Crippen LogP contribution is 2.41. The largest absolute Gasteiger partial charge is 0.350 e. The number of carbonyl (C=O) groups excluding carboxylic acids is 1. The van der Waals surface area contributed by atoms with Crippen molar-refractivity contribution in [3.8, 4) is 5.69 Å². The molecule has 1 fully saturated rings. The van der Waals surface area contributed by atoms with Gasteiger partial charge >= 0.3 is 0 Å². The van der Waals surface area contributed by atoms with Gasteiger partial charge in [0, 0.05) is 24.4 Å². The molecule has 1 aliphatic carbocycles. The lowest BCUT2D eigenvalue weighted by Crippen LogP contribution is -2.28. The summed E-state index contributed by atoms with van der Waals surface area (Å²) in [6.45, 7) is 6.92. The van der Waals surface area contributed by atoms with E-state index in [2.05, 4.69) is 36.3 Å². The maximum atomic E-state index is 12.6. The Bertz CT molecular complexity index is 960. The first-order chi connectivity index (χ1) is 13.4. The van der Waals surface area contributed by atoms with Gasteiger partial charge < -0.3 is 5.32 Å². The van der Waals surface area contributed by atoms with Crippen LogP contribution in [0.2, 0.25) is 0 Å². The van der Waals surface area contributed by atoms with Crippen LogP contribution in [0.15, 0.2) is 48.8 Å². The standard InChI is InChI=1S/C22H27N5O/c1-22(2,3)27-20(17-9-10-17)13-19(25-27)21(28)23-12-11-16-14-24-26(15-16)18-7-5-4-6-8-18/h4-8,13-15,17H,9-12H2,1-3H3,(H,23,28). The molecule has 4 rings (SSSR count). The zero-order valence-corrected chi connectivity index (χ0v) is 16.7. The van der Waals surface area contributed by atoms with Crippen molar-refractivity contribution in [2.75, 3.05) is 6.54 Å². The second-order valence-electron chi connectivity index (χ2n) is 8.45. The van der Waals surface area contributed by atoms with Crippen LogP contribution in [0.25, 0.3) is 5.69 Å². The SMILES string of the molecule is CC(C)(C)n1nc(C(=O)NCCc2cnn(-c3ccccc3)c2)cc1C1CC1. The summed E-state index contributed by atoms with van der Waals surface area (Å²) in [6.07, 6.45) is 6.95. The topological polar surface area (TPSA) is 64.7 Å². The van der Waals surface area contributed by atoms with Crippen LogP contribution in [0.1, 0.15) is 61.3 Å². The van der Waals surface area contributed by atoms with Gasteiger partial charge in [-0.25, -0.2) is 4.68 Å². The van der Waals surface area contributed by atoms with Crippen molar-refractivity contribution in [1.82, 2.24) is 24.9 Å². The highest BCUT2D eigenvalue weighted by molar-refractivity contribution is 5.92. The smallest absolute Gasteiger partial charge is 0.271 e. The molecule has 1 amide bonds. The first kappa shape index (κ1) is 18.5. The van der Waals surface area contributed by atoms with Crippen LogP contribution in [-0.2, 0) is 12.0 Å². The minimum atomic E-state index is -0.123. The van der Waals surface area contributed by atoms with E-state index in [0.717, 1.165) is 17.7 Å². The van der Waals surface area contributed by atoms with Gasteiger partial charge in [-0.05, 0) is 63.8 Å². The lowest BCUT2D eigenvalue weighted by atomic mass is 10.1. The number of para-hydroxylation sites is 1. The van der Waals surface area contributed by atoms with Crippen LogP contribution < -0.4 is 5.32 Å². The highest BCUT2D eigenvalue weighted by atomic mass is 16.1. The number of aromatic nitrogens is 4. The van der Waals surface area contributed by atoms with E-state index >= 15 is 0 Å². The Hall–Kier alpha value is -2.89. The zero-order chi connectivity index (χ0) is 19.7. The lowest BCUT2D eigenvalue weighted by Gasteiger charge is -2.22. The summed E-state index contributed by atoms with van der Waals surface area (Å²) in [4.78, 5) is 12.6. The van der Waals surface area contributed by atoms with E-state index in [9.17, 15) is 4.79 Å². The highest BCUT2D eigenvalue weighted by Gasteiger charge is 2.32. The van der Waals surface area contributed by atoms with Crippen LogP contribution in [0.3, 0.4) is 0 Å². The molecule has 2 heterocycles. The fourth-order valence-corrected chi connectivity index (χ4v) is 3.34. The van der Waals surface area contributed by atoms with Gasteiger partial charge in [-0.15, -0.1) is 0 Å². The third-order valence-electron chi connectivity index (χ3n) is 4.96. The molecule has 6 heteroatoms. The minimum Gasteiger partial charge on any atom is -0.350 e. The predicted molar refractivity (Wildman–Crippen MR) is 109 cm³/mol. The number of hydrogen-bond acceptors (Lipinski definition) is 3. The second kappa shape index (κ2) is 7.26. The minimum absolute atomic E-state index is 0.111. The molecule has 1 saturated carbocycles. The fraction of sp³-hybridized carbons (Fsp3) is 0.409. The summed E-state index contributed by atoms with van der Waals surface area (Å²) < 4.78 is 3.87. The van der Waals surface area contributed by atoms with Crippen molar-refractivity contribution >= 4 is 5.91 Å². The molecule has 1 aliphatic rings. The number of amides is 1. The van der Waals surface area contributed by atoms with Crippen molar-refractivity contribution in [3.05, 3.63) is 65.7 Å². The quantitative estimate of drug-likeness (QED) is 0.713. The summed E-state index contributed by atoms with van der Waals surface area (Å²) in [6, 6.07) is 12.0. The Morgan fingerprint density at radius 3 is 2.64 bits per heavy atom. The molecule has 0 radical (unpaired) electrons. The monoisotopic (exact) mass is 377 g/mol. The van der Waals surface area contributed by atoms with Gasteiger partial charge in [-0.1, -0.05) is 18.2 Å². The van der Waals surface area contributed by atoms with Gasteiger partial charge in [-0.2, -0.15) is 10.2 Å². The van der Waals surface area contributed by atoms with Crippen molar-refractivity contribution in [1.29, 1.82) is 0 Å². The van der Waals surface area contributed by atoms with Crippen LogP contribution in [0, 0.1) is 0 Å². The van der Waals surface area contributed by atoms with Gasteiger partial charge in [-0.3, -0.25) is 9.48 Å². The number of nitrogens with zero attached hydrogens (tertiary/aromatic N) is 4. The average Bonchev–Trinajstić information content (AvgIpc) is 3.23. The van der Waals surface area contributed by atoms with E-state index < -0.39 is 0 Å². The van der Waals surface area contributed by atoms with E-state index in [1.165, 1.54) is 18.5 Å². The number of nitrogens with one attached hydrogen (secondary N) is 1. The van der Waals surface area contributed by atoms with E-state index in [1.54, 1.807) is 0 Å². The summed E-state index contributed by atoms with van der Waals surface area (Å²) >= 11 is 0. The third-order valence-corrected chi connectivity index (χ3v) is 4.96. The number of hydrogen-bond donors (Lipinski definition) is 1. The van der Waals surface area contributed by atoms with Crippen molar-refractivity contribution in [2.45, 2.75) is 51.5 Å². The van der Waals surface area contributed by atoms with E-state index in [4.69, 9.17) is 0 Å². The van der Waals surface area contributed by atoms with Gasteiger partial charge in [0.15, 0.2) is 0 Å². The maximum absolute atomic E-state index is 12.6. The molecule has 2 aromatic heterocycles. The molecule has 0 unspecified atom stereocenters. The van der Waals surface area contributed by atoms with E-state index in [0.29, 0.717) is 18.2 Å². The molecular formula is C22H27N5O. The molecule has 6 nitrogen and oxygen atoms in total. The van der Waals surface area contributed by atoms with Gasteiger partial charge in [0.05, 0.1) is 17.4 Å².